The van der Waals surface area contributed by atoms with Crippen molar-refractivity contribution in [1.29, 1.82) is 0 Å². The summed E-state index contributed by atoms with van der Waals surface area (Å²) in [5.74, 6) is 0.274. The van der Waals surface area contributed by atoms with Crippen LogP contribution in [0.5, 0.6) is 0 Å². The number of benzene rings is 15. The molecule has 1 fully saturated rings. The van der Waals surface area contributed by atoms with Gasteiger partial charge in [-0.2, -0.15) is 4.57 Å². The van der Waals surface area contributed by atoms with Gasteiger partial charge in [0.25, 0.3) is 0 Å². The second kappa shape index (κ2) is 52.8. The molecule has 678 valence electrons. The number of aldehydes is 1. The predicted octanol–water partition coefficient (Wildman–Crippen LogP) is 27.7. The summed E-state index contributed by atoms with van der Waals surface area (Å²) in [5, 5.41) is 5.16. The number of Topliss-reactive ketones (excluding diaryl/α,β-unsaturated/α-hetero) is 2. The second-order valence-corrected chi connectivity index (χ2v) is 34.3. The Bertz CT molecular complexity index is 6930. The molecule has 2 atom stereocenters. The number of ketones is 3. The van der Waals surface area contributed by atoms with Crippen LogP contribution in [0.2, 0.25) is 0 Å². The summed E-state index contributed by atoms with van der Waals surface area (Å²) in [4.78, 5) is 57.6. The van der Waals surface area contributed by atoms with E-state index in [1.807, 2.05) is 217 Å². The fourth-order valence-electron chi connectivity index (χ4n) is 15.1. The molecule has 136 heavy (non-hydrogen) atoms. The minimum Gasteiger partial charge on any atom is -1.00 e. The van der Waals surface area contributed by atoms with Gasteiger partial charge in [-0.25, -0.2) is 9.97 Å². The number of nitrogens with two attached hydrogens (primary N) is 2. The highest BCUT2D eigenvalue weighted by molar-refractivity contribution is 9.11. The van der Waals surface area contributed by atoms with Crippen molar-refractivity contribution in [1.82, 2.24) is 19.5 Å². The van der Waals surface area contributed by atoms with Gasteiger partial charge in [0.1, 0.15) is 6.29 Å². The lowest BCUT2D eigenvalue weighted by molar-refractivity contribution is -0.683. The average molecular weight is 2050 g/mol. The van der Waals surface area contributed by atoms with E-state index in [2.05, 4.69) is 300 Å². The van der Waals surface area contributed by atoms with Crippen molar-refractivity contribution < 1.29 is 45.4 Å². The van der Waals surface area contributed by atoms with Crippen molar-refractivity contribution in [2.75, 3.05) is 0 Å². The maximum absolute atomic E-state index is 11.8. The number of aromatic nitrogens is 5. The fraction of sp³-hybridized carbons (Fsp3) is 0.0750. The molecular formula is C120H104Br4FN7O4. The molecule has 0 bridgehead atoms. The van der Waals surface area contributed by atoms with Crippen LogP contribution in [0, 0.1) is 0 Å². The van der Waals surface area contributed by atoms with E-state index in [4.69, 9.17) is 21.4 Å². The summed E-state index contributed by atoms with van der Waals surface area (Å²) >= 11 is 10.1. The van der Waals surface area contributed by atoms with Crippen LogP contribution < -0.4 is 33.0 Å². The number of aromatic amines is 1. The van der Waals surface area contributed by atoms with Gasteiger partial charge in [-0.1, -0.05) is 414 Å². The zero-order valence-corrected chi connectivity index (χ0v) is 80.6. The number of halogens is 5. The number of pyridine rings is 3. The third-order valence-corrected chi connectivity index (χ3v) is 23.8. The summed E-state index contributed by atoms with van der Waals surface area (Å²) in [6, 6.07) is 151. The Morgan fingerprint density at radius 2 is 0.684 bits per heavy atom. The molecule has 0 spiro atoms. The maximum Gasteiger partial charge on any atom is 0.227 e. The van der Waals surface area contributed by atoms with E-state index in [0.29, 0.717) is 17.7 Å². The average Bonchev–Trinajstić information content (AvgIpc) is 1.59. The molecule has 20 aromatic rings. The van der Waals surface area contributed by atoms with Crippen LogP contribution in [-0.4, -0.2) is 55.2 Å². The number of carbonyl (C=O) groups excluding carboxylic acids is 4. The van der Waals surface area contributed by atoms with E-state index in [0.717, 1.165) is 106 Å². The number of carbonyl (C=O) groups is 4. The van der Waals surface area contributed by atoms with E-state index >= 15 is 0 Å². The van der Waals surface area contributed by atoms with Gasteiger partial charge in [-0.3, -0.25) is 23.9 Å². The Hall–Kier alpha value is -14.5. The van der Waals surface area contributed by atoms with Crippen LogP contribution in [0.15, 0.2) is 481 Å². The first-order valence-corrected chi connectivity index (χ1v) is 46.4. The summed E-state index contributed by atoms with van der Waals surface area (Å²) < 4.78 is 7.33. The molecular weight excluding hydrogens is 1940 g/mol. The highest BCUT2D eigenvalue weighted by atomic mass is 79.9. The van der Waals surface area contributed by atoms with Gasteiger partial charge in [-0.15, -0.1) is 0 Å². The van der Waals surface area contributed by atoms with Crippen molar-refractivity contribution in [3.8, 4) is 73.0 Å². The Balaban J connectivity index is 0.000000158. The third-order valence-electron chi connectivity index (χ3n) is 22.2. The largest absolute Gasteiger partial charge is 1.00 e. The summed E-state index contributed by atoms with van der Waals surface area (Å²) in [6.45, 7) is 1.96. The van der Waals surface area contributed by atoms with Crippen LogP contribution in [0.3, 0.4) is 0 Å². The number of hydrogen-bond donors (Lipinski definition) is 3. The Kier molecular flexibility index (Phi) is 39.7. The smallest absolute Gasteiger partial charge is 0.227 e. The second-order valence-electron chi connectivity index (χ2n) is 31.5. The van der Waals surface area contributed by atoms with Gasteiger partial charge in [0.2, 0.25) is 12.3 Å². The molecule has 11 nitrogen and oxygen atoms in total. The number of para-hydroxylation sites is 4. The quantitative estimate of drug-likeness (QED) is 0.0394. The molecule has 1 saturated carbocycles. The van der Waals surface area contributed by atoms with Crippen molar-refractivity contribution in [3.63, 3.8) is 0 Å². The SMILES string of the molecule is Brc1ccc(-c2cc(-c3ccccc3)nc(-c3ccccc3)c2)cc1.C.CC(=O)c1ccccc1.F.N[C@@H]1CCCC[C@H]1N.O=C(/C=C/c1ccc(Br)cc1)c1ccccc1.O=C(C[n+]1ccccc1)c1ccccc1.O=Cc1ccc(Br)cc1.[Br-].c1ccc(-c2cc(-c3ccc(-n4c5ccccc5c5ccccc54)cc3)cc(-c3ccccc3)n2)cc1.c1ccc2c(c1)[nH]c1ccccc12. The van der Waals surface area contributed by atoms with Crippen molar-refractivity contribution in [2.24, 2.45) is 11.5 Å². The molecule has 1 aliphatic rings. The van der Waals surface area contributed by atoms with Crippen LogP contribution in [0.1, 0.15) is 87.0 Å². The first kappa shape index (κ1) is 102. The molecule has 0 radical (unpaired) electrons. The monoisotopic (exact) mass is 2040 g/mol. The summed E-state index contributed by atoms with van der Waals surface area (Å²) in [6.07, 6.45) is 12.8. The van der Waals surface area contributed by atoms with Gasteiger partial charge >= 0.3 is 0 Å². The van der Waals surface area contributed by atoms with E-state index in [9.17, 15) is 19.2 Å². The Morgan fingerprint density at radius 3 is 1.05 bits per heavy atom. The molecule has 5 heterocycles. The van der Waals surface area contributed by atoms with Gasteiger partial charge < -0.3 is 38.0 Å². The molecule has 5 N–H and O–H groups in total. The molecule has 21 rings (SSSR count). The van der Waals surface area contributed by atoms with Gasteiger partial charge in [0, 0.05) is 120 Å². The minimum atomic E-state index is 0. The van der Waals surface area contributed by atoms with Crippen LogP contribution in [0.25, 0.3) is 123 Å². The highest BCUT2D eigenvalue weighted by Crippen LogP contribution is 2.37. The maximum atomic E-state index is 11.8. The van der Waals surface area contributed by atoms with E-state index < -0.39 is 0 Å². The van der Waals surface area contributed by atoms with Crippen molar-refractivity contribution in [3.05, 3.63) is 509 Å². The first-order valence-electron chi connectivity index (χ1n) is 44.0. The number of hydrogen-bond acceptors (Lipinski definition) is 8. The van der Waals surface area contributed by atoms with Crippen LogP contribution in [-0.2, 0) is 6.54 Å². The van der Waals surface area contributed by atoms with Gasteiger partial charge in [0.05, 0.1) is 33.8 Å². The van der Waals surface area contributed by atoms with Crippen molar-refractivity contribution in [2.45, 2.75) is 58.7 Å². The number of fused-ring (bicyclic) bond motifs is 6. The Labute approximate surface area is 831 Å². The van der Waals surface area contributed by atoms with E-state index in [1.54, 1.807) is 25.1 Å². The molecule has 0 amide bonds. The topological polar surface area (TPSA) is 171 Å². The molecule has 15 aromatic carbocycles. The molecule has 1 aliphatic carbocycles. The van der Waals surface area contributed by atoms with E-state index in [1.165, 1.54) is 73.1 Å². The minimum absolute atomic E-state index is 0. The normalized spacial score (nSPS) is 12.0. The number of nitrogens with zero attached hydrogens (tertiary/aromatic N) is 4. The number of H-pyrrole nitrogens is 1. The number of allylic oxidation sites excluding steroid dienone is 1. The molecule has 5 aromatic heterocycles. The lowest BCUT2D eigenvalue weighted by Gasteiger charge is -2.24. The van der Waals surface area contributed by atoms with Crippen LogP contribution in [0.4, 0.5) is 4.70 Å². The summed E-state index contributed by atoms with van der Waals surface area (Å²) in [5.41, 5.74) is 34.4. The number of rotatable bonds is 15. The molecule has 0 saturated heterocycles. The zero-order chi connectivity index (χ0) is 92.3. The van der Waals surface area contributed by atoms with Crippen molar-refractivity contribution >= 4 is 121 Å². The Morgan fingerprint density at radius 1 is 0.368 bits per heavy atom. The van der Waals surface area contributed by atoms with Crippen LogP contribution >= 0.6 is 47.8 Å². The fourth-order valence-corrected chi connectivity index (χ4v) is 15.9. The lowest BCUT2D eigenvalue weighted by atomic mass is 9.92. The molecule has 0 unspecified atom stereocenters. The molecule has 0 aliphatic heterocycles. The summed E-state index contributed by atoms with van der Waals surface area (Å²) in [7, 11) is 0. The lowest BCUT2D eigenvalue weighted by Crippen LogP contribution is -3.00. The number of nitrogens with one attached hydrogen (secondary N) is 1. The van der Waals surface area contributed by atoms with Gasteiger partial charge in [-0.05, 0) is 151 Å². The van der Waals surface area contributed by atoms with Gasteiger partial charge in [0.15, 0.2) is 24.0 Å². The third kappa shape index (κ3) is 29.3. The first-order chi connectivity index (χ1) is 65.1. The molecule has 16 heteroatoms. The zero-order valence-electron chi connectivity index (χ0n) is 74.3. The predicted molar refractivity (Wildman–Crippen MR) is 570 cm³/mol. The van der Waals surface area contributed by atoms with E-state index in [-0.39, 0.29) is 58.5 Å². The highest BCUT2D eigenvalue weighted by Gasteiger charge is 2.18. The standard InChI is InChI=1S/C35H24N2.C23H16BrN.C15H11BrO.C13H12NO.C12H9N.C8H8O.C7H5BrO.C6H14N2.CH4.BrH.FH/c1-3-11-26(12-4-1)32-23-28(24-33(36-32)27-13-5-2-6-14-27)25-19-21-29(22-20-25)37-34-17-9-7-15-30(34)31-16-8-10-18-35(31)37;24-21-13-11-17(12-14-21)20-15-22(18-7-3-1-4-8-18)25-23(16-20)19-9-5-2-6-10-19;16-14-9-6-12(7-10-14)8-11-15(17)13-4-2-1-3-5-13;15-13(12-7-3-1-4-8-12)11-14-9-5-2-6-10-14;1-3-7-11-9(5-1)10-6-2-4-8-12(10)13-11;1-7(9)8-5-3-2-4-6-8;8-7-3-1-6(5-9)2-4-7;7-5-3-1-2-4-6(5)8;;;/h1-24H;1-16H;1-11H;1-10H,11H2;1-8,13H;2-6H,1H3;1-5H;5-6H,1-4,7-8H2;1H4;2*1H/q;;;+1;;;;;;;/p-1/b;;11-8+;;;;;;;;/t;;;;;;;5-,6-;;;/m.......1.../s1.